The number of isothiocyanates is 2. The molecule has 0 aromatic carbocycles. The van der Waals surface area contributed by atoms with Gasteiger partial charge in [-0.3, -0.25) is 0 Å². The summed E-state index contributed by atoms with van der Waals surface area (Å²) in [6, 6.07) is 0. The molecule has 0 radical (unpaired) electrons. The van der Waals surface area contributed by atoms with E-state index in [1.54, 1.807) is 0 Å². The average molecular weight is 240 g/mol. The van der Waals surface area contributed by atoms with Crippen molar-refractivity contribution in [3.05, 3.63) is 24.7 Å². The van der Waals surface area contributed by atoms with E-state index in [-0.39, 0.29) is 0 Å². The molecule has 0 aliphatic carbocycles. The van der Waals surface area contributed by atoms with Gasteiger partial charge in [0.2, 0.25) is 0 Å². The van der Waals surface area contributed by atoms with E-state index in [4.69, 9.17) is 4.74 Å². The lowest BCUT2D eigenvalue weighted by Gasteiger charge is -2.08. The van der Waals surface area contributed by atoms with Gasteiger partial charge in [0.1, 0.15) is 0 Å². The molecule has 0 saturated heterocycles. The Morgan fingerprint density at radius 1 is 1.00 bits per heavy atom. The van der Waals surface area contributed by atoms with Crippen molar-refractivity contribution in [1.29, 1.82) is 0 Å². The van der Waals surface area contributed by atoms with Gasteiger partial charge < -0.3 is 4.74 Å². The first kappa shape index (κ1) is 13.9. The molecule has 80 valence electrons. The van der Waals surface area contributed by atoms with Crippen LogP contribution in [0.15, 0.2) is 34.7 Å². The lowest BCUT2D eigenvalue weighted by molar-refractivity contribution is 0.283. The first-order chi connectivity index (χ1) is 7.20. The summed E-state index contributed by atoms with van der Waals surface area (Å²) in [6.07, 6.45) is 1.22. The van der Waals surface area contributed by atoms with Crippen molar-refractivity contribution >= 4 is 34.8 Å². The number of thiocarbonyl (C=S) groups is 2. The molecule has 0 aromatic rings. The summed E-state index contributed by atoms with van der Waals surface area (Å²) in [5.41, 5.74) is 0. The summed E-state index contributed by atoms with van der Waals surface area (Å²) in [6.45, 7) is 8.52. The summed E-state index contributed by atoms with van der Waals surface area (Å²) < 4.78 is 5.31. The maximum absolute atomic E-state index is 5.31. The average Bonchev–Trinajstić information content (AvgIpc) is 2.18. The second-order valence-corrected chi connectivity index (χ2v) is 2.99. The number of nitrogens with zero attached hydrogens (tertiary/aromatic N) is 2. The highest BCUT2D eigenvalue weighted by atomic mass is 32.1. The molecular formula is C10H12N2OS2. The Kier molecular flexibility index (Phi) is 8.73. The first-order valence-electron chi connectivity index (χ1n) is 4.31. The van der Waals surface area contributed by atoms with Crippen molar-refractivity contribution in [3.8, 4) is 0 Å². The summed E-state index contributed by atoms with van der Waals surface area (Å²) in [7, 11) is 0. The zero-order valence-corrected chi connectivity index (χ0v) is 9.99. The number of hydrogen-bond donors (Lipinski definition) is 0. The zero-order chi connectivity index (χ0) is 11.5. The minimum absolute atomic E-state index is 0.535. The van der Waals surface area contributed by atoms with Crippen LogP contribution in [0, 0.1) is 0 Å². The van der Waals surface area contributed by atoms with Crippen LogP contribution in [-0.2, 0) is 4.74 Å². The lowest BCUT2D eigenvalue weighted by atomic mass is 10.3. The van der Waals surface area contributed by atoms with Crippen LogP contribution < -0.4 is 0 Å². The van der Waals surface area contributed by atoms with Crippen LogP contribution in [0.25, 0.3) is 0 Å². The minimum atomic E-state index is 0.535. The molecule has 15 heavy (non-hydrogen) atoms. The van der Waals surface area contributed by atoms with Crippen LogP contribution in [0.2, 0.25) is 0 Å². The topological polar surface area (TPSA) is 34.0 Å². The first-order valence-corrected chi connectivity index (χ1v) is 5.13. The van der Waals surface area contributed by atoms with E-state index >= 15 is 0 Å². The molecular weight excluding hydrogens is 228 g/mol. The van der Waals surface area contributed by atoms with Crippen LogP contribution in [0.4, 0.5) is 0 Å². The quantitative estimate of drug-likeness (QED) is 0.371. The van der Waals surface area contributed by atoms with Gasteiger partial charge in [0, 0.05) is 12.8 Å². The summed E-state index contributed by atoms with van der Waals surface area (Å²) >= 11 is 8.86. The van der Waals surface area contributed by atoms with E-state index in [1.807, 2.05) is 0 Å². The van der Waals surface area contributed by atoms with Gasteiger partial charge in [-0.25, -0.2) is 9.98 Å². The molecule has 0 rings (SSSR count). The maximum Gasteiger partial charge on any atom is 0.0983 e. The number of aliphatic imine (C=N–C) groups is 2. The largest absolute Gasteiger partial charge is 0.467 e. The van der Waals surface area contributed by atoms with E-state index in [0.29, 0.717) is 37.4 Å². The van der Waals surface area contributed by atoms with Crippen molar-refractivity contribution in [2.24, 2.45) is 9.98 Å². The third kappa shape index (κ3) is 9.19. The number of hydrogen-bond acceptors (Lipinski definition) is 5. The Labute approximate surface area is 100 Å². The molecule has 0 fully saturated rings. The fourth-order valence-corrected chi connectivity index (χ4v) is 0.941. The summed E-state index contributed by atoms with van der Waals surface area (Å²) in [4.78, 5) is 7.49. The normalized spacial score (nSPS) is 8.27. The summed E-state index contributed by atoms with van der Waals surface area (Å²) in [5.74, 6) is 1.22. The van der Waals surface area contributed by atoms with Crippen molar-refractivity contribution in [3.63, 3.8) is 0 Å². The van der Waals surface area contributed by atoms with Gasteiger partial charge in [-0.15, -0.1) is 0 Å². The Bertz CT molecular complexity index is 294. The molecule has 0 unspecified atom stereocenters. The van der Waals surface area contributed by atoms with E-state index in [2.05, 4.69) is 57.9 Å². The summed E-state index contributed by atoms with van der Waals surface area (Å²) in [5, 5.41) is 4.55. The van der Waals surface area contributed by atoms with Crippen molar-refractivity contribution < 1.29 is 4.74 Å². The Morgan fingerprint density at radius 2 is 1.40 bits per heavy atom. The molecule has 0 saturated carbocycles. The van der Waals surface area contributed by atoms with Crippen LogP contribution in [0.5, 0.6) is 0 Å². The minimum Gasteiger partial charge on any atom is -0.467 e. The smallest absolute Gasteiger partial charge is 0.0983 e. The van der Waals surface area contributed by atoms with Crippen LogP contribution >= 0.6 is 24.4 Å². The van der Waals surface area contributed by atoms with Gasteiger partial charge in [0.25, 0.3) is 0 Å². The maximum atomic E-state index is 5.31. The van der Waals surface area contributed by atoms with Crippen LogP contribution in [-0.4, -0.2) is 23.4 Å². The van der Waals surface area contributed by atoms with E-state index < -0.39 is 0 Å². The third-order valence-electron chi connectivity index (χ3n) is 1.42. The van der Waals surface area contributed by atoms with Gasteiger partial charge in [0.05, 0.1) is 34.9 Å². The molecule has 0 amide bonds. The molecule has 5 heteroatoms. The molecule has 0 spiro atoms. The third-order valence-corrected chi connectivity index (χ3v) is 1.68. The van der Waals surface area contributed by atoms with Crippen LogP contribution in [0.1, 0.15) is 12.8 Å². The fourth-order valence-electron chi connectivity index (χ4n) is 0.759. The number of rotatable bonds is 8. The van der Waals surface area contributed by atoms with Gasteiger partial charge in [-0.2, -0.15) is 0 Å². The van der Waals surface area contributed by atoms with Gasteiger partial charge in [0.15, 0.2) is 0 Å². The fraction of sp³-hybridized carbons (Fsp3) is 0.400. The second kappa shape index (κ2) is 9.44. The molecule has 0 atom stereocenters. The molecule has 3 nitrogen and oxygen atoms in total. The molecule has 0 aliphatic heterocycles. The zero-order valence-electron chi connectivity index (χ0n) is 8.36. The van der Waals surface area contributed by atoms with Gasteiger partial charge in [-0.1, -0.05) is 13.2 Å². The van der Waals surface area contributed by atoms with Gasteiger partial charge in [-0.05, 0) is 24.4 Å². The predicted molar refractivity (Wildman–Crippen MR) is 68.4 cm³/mol. The Balaban J connectivity index is 3.70. The monoisotopic (exact) mass is 240 g/mol. The van der Waals surface area contributed by atoms with E-state index in [9.17, 15) is 0 Å². The lowest BCUT2D eigenvalue weighted by Crippen LogP contribution is -1.95. The van der Waals surface area contributed by atoms with Crippen molar-refractivity contribution in [1.82, 2.24) is 0 Å². The van der Waals surface area contributed by atoms with Crippen LogP contribution in [0.3, 0.4) is 0 Å². The van der Waals surface area contributed by atoms with E-state index in [0.717, 1.165) is 0 Å². The molecule has 0 heterocycles. The predicted octanol–water partition coefficient (Wildman–Crippen LogP) is 3.02. The molecule has 0 N–H and O–H groups in total. The second-order valence-electron chi connectivity index (χ2n) is 2.63. The highest BCUT2D eigenvalue weighted by Crippen LogP contribution is 2.09. The van der Waals surface area contributed by atoms with Gasteiger partial charge >= 0.3 is 0 Å². The number of ether oxygens (including phenoxy) is 1. The highest BCUT2D eigenvalue weighted by Gasteiger charge is 1.98. The molecule has 0 bridgehead atoms. The Morgan fingerprint density at radius 3 is 1.73 bits per heavy atom. The van der Waals surface area contributed by atoms with Crippen molar-refractivity contribution in [2.75, 3.05) is 13.1 Å². The standard InChI is InChI=1S/C10H12N2OS2/c1-9(3-5-11-7-14)13-10(2)4-6-12-8-15/h1-6H2. The SMILES string of the molecule is C=C(CCN=C=S)OC(=C)CCN=C=S. The van der Waals surface area contributed by atoms with E-state index in [1.165, 1.54) is 0 Å². The van der Waals surface area contributed by atoms with Crippen molar-refractivity contribution in [2.45, 2.75) is 12.8 Å². The molecule has 0 aliphatic rings. The highest BCUT2D eigenvalue weighted by molar-refractivity contribution is 7.78. The Hall–Kier alpha value is -1.12. The molecule has 0 aromatic heterocycles.